The van der Waals surface area contributed by atoms with Gasteiger partial charge in [0.15, 0.2) is 5.82 Å². The van der Waals surface area contributed by atoms with Crippen LogP contribution in [0.5, 0.6) is 5.75 Å². The number of likely N-dealkylation sites (tertiary alicyclic amines) is 1. The Morgan fingerprint density at radius 1 is 1.41 bits per heavy atom. The van der Waals surface area contributed by atoms with Crippen LogP contribution >= 0.6 is 0 Å². The fraction of sp³-hybridized carbons (Fsp3) is 0.438. The predicted octanol–water partition coefficient (Wildman–Crippen LogP) is 2.32. The van der Waals surface area contributed by atoms with Gasteiger partial charge in [-0.05, 0) is 38.0 Å². The maximum Gasteiger partial charge on any atom is 0.254 e. The van der Waals surface area contributed by atoms with Gasteiger partial charge in [-0.15, -0.1) is 0 Å². The molecule has 0 spiro atoms. The number of carbonyl (C=O) groups excluding carboxylic acids is 1. The molecular formula is C16H19N3O3. The maximum absolute atomic E-state index is 12.6. The summed E-state index contributed by atoms with van der Waals surface area (Å²) in [4.78, 5) is 18.7. The topological polar surface area (TPSA) is 68.5 Å². The molecule has 6 nitrogen and oxygen atoms in total. The van der Waals surface area contributed by atoms with Crippen LogP contribution in [-0.2, 0) is 0 Å². The Bertz CT molecular complexity index is 696. The largest absolute Gasteiger partial charge is 0.496 e. The Balaban J connectivity index is 1.74. The number of amides is 1. The molecule has 1 aromatic heterocycles. The Kier molecular flexibility index (Phi) is 3.83. The van der Waals surface area contributed by atoms with Gasteiger partial charge in [-0.3, -0.25) is 4.79 Å². The standard InChI is InChI=1S/C16H19N3O3/c1-10-4-5-12(8-14(10)21-3)16(20)19-7-6-13(9-19)15-17-11(2)18-22-15/h4-5,8,13H,6-7,9H2,1-3H3. The van der Waals surface area contributed by atoms with E-state index < -0.39 is 0 Å². The number of rotatable bonds is 3. The lowest BCUT2D eigenvalue weighted by atomic mass is 10.1. The first kappa shape index (κ1) is 14.6. The molecule has 3 rings (SSSR count). The second-order valence-electron chi connectivity index (χ2n) is 5.60. The van der Waals surface area contributed by atoms with Gasteiger partial charge in [0.05, 0.1) is 13.0 Å². The summed E-state index contributed by atoms with van der Waals surface area (Å²) < 4.78 is 10.5. The van der Waals surface area contributed by atoms with Gasteiger partial charge in [0.1, 0.15) is 5.75 Å². The van der Waals surface area contributed by atoms with Crippen LogP contribution in [0, 0.1) is 13.8 Å². The molecule has 0 aliphatic carbocycles. The van der Waals surface area contributed by atoms with E-state index >= 15 is 0 Å². The number of hydrogen-bond acceptors (Lipinski definition) is 5. The van der Waals surface area contributed by atoms with Crippen molar-refractivity contribution in [1.82, 2.24) is 15.0 Å². The molecule has 1 aliphatic rings. The van der Waals surface area contributed by atoms with Crippen LogP contribution in [0.4, 0.5) is 0 Å². The number of aromatic nitrogens is 2. The average Bonchev–Trinajstić information content (AvgIpc) is 3.15. The monoisotopic (exact) mass is 301 g/mol. The smallest absolute Gasteiger partial charge is 0.254 e. The van der Waals surface area contributed by atoms with E-state index in [0.29, 0.717) is 30.4 Å². The van der Waals surface area contributed by atoms with E-state index in [-0.39, 0.29) is 11.8 Å². The molecule has 1 fully saturated rings. The Morgan fingerprint density at radius 3 is 2.91 bits per heavy atom. The third-order valence-corrected chi connectivity index (χ3v) is 4.02. The zero-order valence-corrected chi connectivity index (χ0v) is 13.0. The van der Waals surface area contributed by atoms with E-state index in [1.54, 1.807) is 20.1 Å². The van der Waals surface area contributed by atoms with Crippen LogP contribution in [0.15, 0.2) is 22.7 Å². The molecule has 1 saturated heterocycles. The molecule has 22 heavy (non-hydrogen) atoms. The number of nitrogens with zero attached hydrogens (tertiary/aromatic N) is 3. The molecule has 1 aliphatic heterocycles. The summed E-state index contributed by atoms with van der Waals surface area (Å²) in [6.45, 7) is 5.05. The van der Waals surface area contributed by atoms with Gasteiger partial charge in [0.25, 0.3) is 5.91 Å². The molecule has 116 valence electrons. The summed E-state index contributed by atoms with van der Waals surface area (Å²) in [5.41, 5.74) is 1.66. The normalized spacial score (nSPS) is 17.8. The zero-order chi connectivity index (χ0) is 15.7. The first-order valence-electron chi connectivity index (χ1n) is 7.32. The van der Waals surface area contributed by atoms with Crippen LogP contribution in [0.25, 0.3) is 0 Å². The molecule has 0 saturated carbocycles. The minimum atomic E-state index is 0.0111. The number of hydrogen-bond donors (Lipinski definition) is 0. The van der Waals surface area contributed by atoms with Crippen molar-refractivity contribution in [3.05, 3.63) is 41.0 Å². The SMILES string of the molecule is COc1cc(C(=O)N2CCC(c3nc(C)no3)C2)ccc1C. The second kappa shape index (κ2) is 5.79. The summed E-state index contributed by atoms with van der Waals surface area (Å²) in [7, 11) is 1.61. The van der Waals surface area contributed by atoms with Crippen LogP contribution < -0.4 is 4.74 Å². The van der Waals surface area contributed by atoms with E-state index in [4.69, 9.17) is 9.26 Å². The molecule has 0 bridgehead atoms. The highest BCUT2D eigenvalue weighted by Gasteiger charge is 2.31. The van der Waals surface area contributed by atoms with Crippen molar-refractivity contribution in [3.8, 4) is 5.75 Å². The number of methoxy groups -OCH3 is 1. The average molecular weight is 301 g/mol. The van der Waals surface area contributed by atoms with Crippen molar-refractivity contribution in [2.45, 2.75) is 26.2 Å². The van der Waals surface area contributed by atoms with Gasteiger partial charge in [-0.25, -0.2) is 0 Å². The Morgan fingerprint density at radius 2 is 2.23 bits per heavy atom. The van der Waals surface area contributed by atoms with Crippen molar-refractivity contribution in [2.75, 3.05) is 20.2 Å². The van der Waals surface area contributed by atoms with Gasteiger partial charge < -0.3 is 14.2 Å². The molecular weight excluding hydrogens is 282 g/mol. The molecule has 1 atom stereocenters. The van der Waals surface area contributed by atoms with Crippen LogP contribution in [0.1, 0.15) is 40.0 Å². The minimum Gasteiger partial charge on any atom is -0.496 e. The van der Waals surface area contributed by atoms with Gasteiger partial charge in [0.2, 0.25) is 5.89 Å². The minimum absolute atomic E-state index is 0.0111. The van der Waals surface area contributed by atoms with Gasteiger partial charge >= 0.3 is 0 Å². The molecule has 1 amide bonds. The lowest BCUT2D eigenvalue weighted by Crippen LogP contribution is -2.28. The Labute approximate surface area is 129 Å². The predicted molar refractivity (Wildman–Crippen MR) is 80.0 cm³/mol. The van der Waals surface area contributed by atoms with E-state index in [1.165, 1.54) is 0 Å². The maximum atomic E-state index is 12.6. The highest BCUT2D eigenvalue weighted by atomic mass is 16.5. The summed E-state index contributed by atoms with van der Waals surface area (Å²) in [6.07, 6.45) is 0.844. The third-order valence-electron chi connectivity index (χ3n) is 4.02. The van der Waals surface area contributed by atoms with Gasteiger partial charge in [-0.2, -0.15) is 4.98 Å². The molecule has 6 heteroatoms. The van der Waals surface area contributed by atoms with Crippen molar-refractivity contribution in [3.63, 3.8) is 0 Å². The zero-order valence-electron chi connectivity index (χ0n) is 13.0. The highest BCUT2D eigenvalue weighted by Crippen LogP contribution is 2.28. The molecule has 1 unspecified atom stereocenters. The van der Waals surface area contributed by atoms with Gasteiger partial charge in [-0.1, -0.05) is 11.2 Å². The van der Waals surface area contributed by atoms with Gasteiger partial charge in [0, 0.05) is 18.7 Å². The number of aryl methyl sites for hydroxylation is 2. The highest BCUT2D eigenvalue weighted by molar-refractivity contribution is 5.95. The quantitative estimate of drug-likeness (QED) is 0.870. The number of ether oxygens (including phenoxy) is 1. The Hall–Kier alpha value is -2.37. The van der Waals surface area contributed by atoms with Crippen molar-refractivity contribution in [2.24, 2.45) is 0 Å². The summed E-state index contributed by atoms with van der Waals surface area (Å²) >= 11 is 0. The fourth-order valence-electron chi connectivity index (χ4n) is 2.76. The molecule has 0 radical (unpaired) electrons. The van der Waals surface area contributed by atoms with Crippen molar-refractivity contribution < 1.29 is 14.1 Å². The lowest BCUT2D eigenvalue weighted by Gasteiger charge is -2.16. The third kappa shape index (κ3) is 2.68. The van der Waals surface area contributed by atoms with Crippen LogP contribution in [0.3, 0.4) is 0 Å². The van der Waals surface area contributed by atoms with E-state index in [1.807, 2.05) is 24.0 Å². The summed E-state index contributed by atoms with van der Waals surface area (Å²) in [6, 6.07) is 5.53. The summed E-state index contributed by atoms with van der Waals surface area (Å²) in [5.74, 6) is 2.11. The lowest BCUT2D eigenvalue weighted by molar-refractivity contribution is 0.0789. The van der Waals surface area contributed by atoms with Crippen LogP contribution in [-0.4, -0.2) is 41.1 Å². The van der Waals surface area contributed by atoms with Crippen molar-refractivity contribution >= 4 is 5.91 Å². The molecule has 0 N–H and O–H groups in total. The number of carbonyl (C=O) groups is 1. The first-order chi connectivity index (χ1) is 10.6. The first-order valence-corrected chi connectivity index (χ1v) is 7.32. The van der Waals surface area contributed by atoms with E-state index in [2.05, 4.69) is 10.1 Å². The van der Waals surface area contributed by atoms with Crippen LogP contribution in [0.2, 0.25) is 0 Å². The van der Waals surface area contributed by atoms with E-state index in [9.17, 15) is 4.79 Å². The molecule has 2 aromatic rings. The molecule has 2 heterocycles. The second-order valence-corrected chi connectivity index (χ2v) is 5.60. The van der Waals surface area contributed by atoms with Crippen molar-refractivity contribution in [1.29, 1.82) is 0 Å². The summed E-state index contributed by atoms with van der Waals surface area (Å²) in [5, 5.41) is 3.82. The van der Waals surface area contributed by atoms with E-state index in [0.717, 1.165) is 17.7 Å². The number of benzene rings is 1. The fourth-order valence-corrected chi connectivity index (χ4v) is 2.76. The molecule has 1 aromatic carbocycles.